The van der Waals surface area contributed by atoms with E-state index in [1.165, 1.54) is 0 Å². The molecule has 1 aromatic carbocycles. The molecule has 3 nitrogen and oxygen atoms in total. The zero-order chi connectivity index (χ0) is 10.7. The van der Waals surface area contributed by atoms with Gasteiger partial charge >= 0.3 is 0 Å². The van der Waals surface area contributed by atoms with Gasteiger partial charge in [0.1, 0.15) is 5.82 Å². The molecule has 0 radical (unpaired) electrons. The van der Waals surface area contributed by atoms with E-state index in [9.17, 15) is 0 Å². The summed E-state index contributed by atoms with van der Waals surface area (Å²) in [6, 6.07) is 9.36. The summed E-state index contributed by atoms with van der Waals surface area (Å²) in [4.78, 5) is 4.03. The molecule has 2 N–H and O–H groups in total. The maximum atomic E-state index is 8.39. The molecule has 15 heavy (non-hydrogen) atoms. The van der Waals surface area contributed by atoms with E-state index in [-0.39, 0.29) is 0 Å². The van der Waals surface area contributed by atoms with Gasteiger partial charge in [-0.15, -0.1) is 0 Å². The number of nitrogens with two attached hydrogens (primary N) is 1. The van der Waals surface area contributed by atoms with E-state index in [1.807, 2.05) is 24.3 Å². The molecule has 1 aromatic heterocycles. The number of hydrogen-bond donors (Lipinski definition) is 1. The highest BCUT2D eigenvalue weighted by Gasteiger charge is 2.01. The number of pyridine rings is 1. The quantitative estimate of drug-likeness (QED) is 0.647. The first-order valence-electron chi connectivity index (χ1n) is 4.36. The first kappa shape index (κ1) is 9.05. The summed E-state index contributed by atoms with van der Waals surface area (Å²) in [7, 11) is 0. The summed E-state index contributed by atoms with van der Waals surface area (Å²) in [5, 5.41) is 10.2. The summed E-state index contributed by atoms with van der Waals surface area (Å²) in [5.41, 5.74) is 6.45. The Morgan fingerprint density at radius 1 is 1.20 bits per heavy atom. The molecule has 0 amide bonds. The highest BCUT2D eigenvalue weighted by Crippen LogP contribution is 2.21. The average molecular weight is 193 g/mol. The van der Waals surface area contributed by atoms with E-state index in [0.29, 0.717) is 5.82 Å². The van der Waals surface area contributed by atoms with Gasteiger partial charge in [-0.25, -0.2) is 4.98 Å². The second kappa shape index (κ2) is 3.69. The van der Waals surface area contributed by atoms with Crippen LogP contribution >= 0.6 is 0 Å². The van der Waals surface area contributed by atoms with Crippen LogP contribution in [0.3, 0.4) is 0 Å². The molecule has 0 saturated carbocycles. The van der Waals surface area contributed by atoms with Crippen LogP contribution in [-0.2, 0) is 0 Å². The van der Waals surface area contributed by atoms with E-state index < -0.39 is 0 Å². The molecule has 0 fully saturated rings. The van der Waals surface area contributed by atoms with Crippen LogP contribution in [0.5, 0.6) is 0 Å². The third-order valence-corrected chi connectivity index (χ3v) is 2.08. The van der Waals surface area contributed by atoms with E-state index in [0.717, 1.165) is 16.3 Å². The highest BCUT2D eigenvalue weighted by atomic mass is 14.8. The van der Waals surface area contributed by atoms with Crippen LogP contribution in [0.4, 0.5) is 5.82 Å². The van der Waals surface area contributed by atoms with Crippen molar-refractivity contribution in [3.05, 3.63) is 36.0 Å². The molecule has 0 unspecified atom stereocenters. The second-order valence-corrected chi connectivity index (χ2v) is 2.96. The number of nitriles is 1. The summed E-state index contributed by atoms with van der Waals surface area (Å²) < 4.78 is 0. The molecule has 2 aromatic rings. The zero-order valence-electron chi connectivity index (χ0n) is 7.86. The lowest BCUT2D eigenvalue weighted by Gasteiger charge is -2.02. The van der Waals surface area contributed by atoms with Crippen LogP contribution < -0.4 is 5.73 Å². The van der Waals surface area contributed by atoms with Crippen molar-refractivity contribution in [3.8, 4) is 17.9 Å². The Kier molecular flexibility index (Phi) is 2.23. The predicted octanol–water partition coefficient (Wildman–Crippen LogP) is 1.69. The predicted molar refractivity (Wildman–Crippen MR) is 58.6 cm³/mol. The van der Waals surface area contributed by atoms with Gasteiger partial charge in [0.25, 0.3) is 0 Å². The average Bonchev–Trinajstić information content (AvgIpc) is 2.29. The summed E-state index contributed by atoms with van der Waals surface area (Å²) in [6.45, 7) is 0. The molecule has 0 aliphatic heterocycles. The Morgan fingerprint density at radius 2 is 1.93 bits per heavy atom. The SMILES string of the molecule is N#CC#Cc1cnc(N)c2ccccc12. The number of nitrogen functional groups attached to an aromatic ring is 1. The lowest BCUT2D eigenvalue weighted by atomic mass is 10.1. The van der Waals surface area contributed by atoms with Gasteiger partial charge in [-0.1, -0.05) is 24.3 Å². The van der Waals surface area contributed by atoms with E-state index >= 15 is 0 Å². The molecule has 0 saturated heterocycles. The van der Waals surface area contributed by atoms with E-state index in [1.54, 1.807) is 12.3 Å². The smallest absolute Gasteiger partial charge is 0.152 e. The fourth-order valence-corrected chi connectivity index (χ4v) is 1.41. The number of nitrogens with zero attached hydrogens (tertiary/aromatic N) is 2. The molecule has 2 rings (SSSR count). The van der Waals surface area contributed by atoms with Gasteiger partial charge in [0.05, 0.1) is 5.56 Å². The lowest BCUT2D eigenvalue weighted by Crippen LogP contribution is -1.93. The largest absolute Gasteiger partial charge is 0.383 e. The van der Waals surface area contributed by atoms with Crippen molar-refractivity contribution in [2.45, 2.75) is 0 Å². The monoisotopic (exact) mass is 193 g/mol. The summed E-state index contributed by atoms with van der Waals surface area (Å²) in [6.07, 6.45) is 1.59. The number of rotatable bonds is 0. The van der Waals surface area contributed by atoms with Gasteiger partial charge in [0.2, 0.25) is 0 Å². The molecule has 0 spiro atoms. The molecule has 70 valence electrons. The van der Waals surface area contributed by atoms with Crippen molar-refractivity contribution in [1.29, 1.82) is 5.26 Å². The minimum atomic E-state index is 0.480. The van der Waals surface area contributed by atoms with Crippen LogP contribution in [0.25, 0.3) is 10.8 Å². The van der Waals surface area contributed by atoms with Crippen LogP contribution in [0.15, 0.2) is 30.5 Å². The van der Waals surface area contributed by atoms with Gasteiger partial charge in [-0.3, -0.25) is 0 Å². The Morgan fingerprint density at radius 3 is 2.67 bits per heavy atom. The van der Waals surface area contributed by atoms with Gasteiger partial charge in [0.15, 0.2) is 6.07 Å². The molecular formula is C12H7N3. The minimum Gasteiger partial charge on any atom is -0.383 e. The normalized spacial score (nSPS) is 9.00. The zero-order valence-corrected chi connectivity index (χ0v) is 7.86. The van der Waals surface area contributed by atoms with Crippen molar-refractivity contribution in [3.63, 3.8) is 0 Å². The topological polar surface area (TPSA) is 62.7 Å². The molecule has 0 aliphatic rings. The molecule has 0 atom stereocenters. The summed E-state index contributed by atoms with van der Waals surface area (Å²) >= 11 is 0. The van der Waals surface area contributed by atoms with Crippen molar-refractivity contribution in [2.24, 2.45) is 0 Å². The third-order valence-electron chi connectivity index (χ3n) is 2.08. The minimum absolute atomic E-state index is 0.480. The maximum absolute atomic E-state index is 8.39. The van der Waals surface area contributed by atoms with Gasteiger partial charge < -0.3 is 5.73 Å². The first-order chi connectivity index (χ1) is 7.33. The number of fused-ring (bicyclic) bond motifs is 1. The fourth-order valence-electron chi connectivity index (χ4n) is 1.41. The molecular weight excluding hydrogens is 186 g/mol. The Labute approximate surface area is 87.2 Å². The van der Waals surface area contributed by atoms with Gasteiger partial charge in [0, 0.05) is 22.9 Å². The van der Waals surface area contributed by atoms with Crippen molar-refractivity contribution in [1.82, 2.24) is 4.98 Å². The molecule has 0 bridgehead atoms. The number of anilines is 1. The lowest BCUT2D eigenvalue weighted by molar-refractivity contribution is 1.36. The second-order valence-electron chi connectivity index (χ2n) is 2.96. The third kappa shape index (κ3) is 1.59. The highest BCUT2D eigenvalue weighted by molar-refractivity contribution is 5.94. The number of hydrogen-bond acceptors (Lipinski definition) is 3. The van der Waals surface area contributed by atoms with Crippen molar-refractivity contribution >= 4 is 16.6 Å². The molecule has 0 aliphatic carbocycles. The molecule has 3 heteroatoms. The number of aromatic nitrogens is 1. The van der Waals surface area contributed by atoms with Crippen LogP contribution in [-0.4, -0.2) is 4.98 Å². The Hall–Kier alpha value is -2.52. The Balaban J connectivity index is 2.79. The number of benzene rings is 1. The van der Waals surface area contributed by atoms with Crippen LogP contribution in [0.1, 0.15) is 5.56 Å². The van der Waals surface area contributed by atoms with Crippen LogP contribution in [0.2, 0.25) is 0 Å². The van der Waals surface area contributed by atoms with Gasteiger partial charge in [-0.2, -0.15) is 5.26 Å². The Bertz CT molecular complexity index is 612. The standard InChI is InChI=1S/C12H7N3/c13-7-3-4-9-8-15-12(14)11-6-2-1-5-10(9)11/h1-2,5-6,8H,(H2,14,15). The van der Waals surface area contributed by atoms with E-state index in [2.05, 4.69) is 16.8 Å². The van der Waals surface area contributed by atoms with Gasteiger partial charge in [-0.05, 0) is 5.92 Å². The summed E-state index contributed by atoms with van der Waals surface area (Å²) in [5.74, 6) is 5.57. The maximum Gasteiger partial charge on any atom is 0.152 e. The first-order valence-corrected chi connectivity index (χ1v) is 4.36. The fraction of sp³-hybridized carbons (Fsp3) is 0. The van der Waals surface area contributed by atoms with Crippen LogP contribution in [0, 0.1) is 23.2 Å². The molecule has 1 heterocycles. The van der Waals surface area contributed by atoms with Crippen molar-refractivity contribution in [2.75, 3.05) is 5.73 Å². The van der Waals surface area contributed by atoms with E-state index in [4.69, 9.17) is 11.0 Å². The van der Waals surface area contributed by atoms with Crippen molar-refractivity contribution < 1.29 is 0 Å².